The van der Waals surface area contributed by atoms with Gasteiger partial charge in [0.15, 0.2) is 0 Å². The van der Waals surface area contributed by atoms with Gasteiger partial charge in [0, 0.05) is 0 Å². The molecule has 3 aromatic rings. The molecule has 0 saturated heterocycles. The summed E-state index contributed by atoms with van der Waals surface area (Å²) in [6.07, 6.45) is 2.29. The fraction of sp³-hybridized carbons (Fsp3) is 0. The van der Waals surface area contributed by atoms with Crippen LogP contribution in [0.5, 0.6) is 0 Å². The molecule has 0 aliphatic carbocycles. The molecule has 0 radical (unpaired) electrons. The van der Waals surface area contributed by atoms with Crippen molar-refractivity contribution >= 4 is 0 Å². The van der Waals surface area contributed by atoms with Crippen LogP contribution in [-0.2, 0) is 0 Å². The molecule has 2 aromatic carbocycles. The normalized spacial score (nSPS) is 8.84. The van der Waals surface area contributed by atoms with E-state index in [2.05, 4.69) is 23.5 Å². The number of aromatic nitrogens is 2. The topological polar surface area (TPSA) is 38.9 Å². The molecule has 0 unspecified atom stereocenters. The molecule has 92 valence electrons. The molecular formula is C15H12N2OU. The Morgan fingerprint density at radius 2 is 1.47 bits per heavy atom. The van der Waals surface area contributed by atoms with E-state index in [1.54, 1.807) is 0 Å². The zero-order chi connectivity index (χ0) is 12.6. The van der Waals surface area contributed by atoms with Crippen molar-refractivity contribution < 1.29 is 35.5 Å². The number of benzene rings is 2. The molecule has 1 aromatic heterocycles. The van der Waals surface area contributed by atoms with Crippen LogP contribution in [0.25, 0.3) is 11.5 Å². The van der Waals surface area contributed by atoms with Gasteiger partial charge < -0.3 is 4.42 Å². The van der Waals surface area contributed by atoms with Crippen LogP contribution in [0.2, 0.25) is 0 Å². The Labute approximate surface area is 136 Å². The molecule has 1 heterocycles. The maximum Gasteiger partial charge on any atom is 2.00 e. The van der Waals surface area contributed by atoms with Crippen molar-refractivity contribution in [2.45, 2.75) is 0 Å². The zero-order valence-electron chi connectivity index (χ0n) is 10.3. The van der Waals surface area contributed by atoms with Gasteiger partial charge in [-0.3, -0.25) is 0 Å². The van der Waals surface area contributed by atoms with Gasteiger partial charge in [0.1, 0.15) is 0 Å². The summed E-state index contributed by atoms with van der Waals surface area (Å²) >= 11 is 0. The summed E-state index contributed by atoms with van der Waals surface area (Å²) in [7, 11) is 0. The van der Waals surface area contributed by atoms with Crippen LogP contribution in [0.15, 0.2) is 65.1 Å². The predicted molar refractivity (Wildman–Crippen MR) is 69.5 cm³/mol. The number of hydrogen-bond donors (Lipinski definition) is 0. The van der Waals surface area contributed by atoms with Crippen molar-refractivity contribution in [3.8, 4) is 11.5 Å². The number of nitrogens with zero attached hydrogens (tertiary/aromatic N) is 2. The second-order valence-electron chi connectivity index (χ2n) is 3.55. The summed E-state index contributed by atoms with van der Waals surface area (Å²) in [6, 6.07) is 19.4. The zero-order valence-corrected chi connectivity index (χ0v) is 14.4. The first-order valence-corrected chi connectivity index (χ1v) is 5.48. The maximum atomic E-state index is 4.87. The summed E-state index contributed by atoms with van der Waals surface area (Å²) in [4.78, 5) is 0. The summed E-state index contributed by atoms with van der Waals surface area (Å²) in [6.45, 7) is 3.72. The first-order valence-electron chi connectivity index (χ1n) is 5.48. The summed E-state index contributed by atoms with van der Waals surface area (Å²) in [5.74, 6) is 0.505. The molecular weight excluding hydrogens is 462 g/mol. The smallest absolute Gasteiger partial charge is 0.609 e. The fourth-order valence-electron chi connectivity index (χ4n) is 1.33. The quantitative estimate of drug-likeness (QED) is 0.508. The van der Waals surface area contributed by atoms with Crippen molar-refractivity contribution in [2.75, 3.05) is 0 Å². The van der Waals surface area contributed by atoms with E-state index in [1.807, 2.05) is 60.7 Å². The van der Waals surface area contributed by atoms with Crippen molar-refractivity contribution in [2.24, 2.45) is 0 Å². The average Bonchev–Trinajstić information content (AvgIpc) is 2.95. The van der Waals surface area contributed by atoms with E-state index in [9.17, 15) is 0 Å². The Morgan fingerprint density at radius 3 is 1.89 bits per heavy atom. The molecule has 3 nitrogen and oxygen atoms in total. The Hall–Kier alpha value is -1.50. The third kappa shape index (κ3) is 5.34. The third-order valence-corrected chi connectivity index (χ3v) is 2.19. The van der Waals surface area contributed by atoms with E-state index in [-0.39, 0.29) is 31.1 Å². The van der Waals surface area contributed by atoms with Gasteiger partial charge >= 0.3 is 31.1 Å². The number of rotatable bonds is 1. The fourth-order valence-corrected chi connectivity index (χ4v) is 1.33. The van der Waals surface area contributed by atoms with E-state index >= 15 is 0 Å². The van der Waals surface area contributed by atoms with Gasteiger partial charge in [-0.2, -0.15) is 24.6 Å². The minimum Gasteiger partial charge on any atom is -0.609 e. The van der Waals surface area contributed by atoms with Crippen LogP contribution >= 0.6 is 0 Å². The second kappa shape index (κ2) is 8.58. The standard InChI is InChI=1S/C8H5N2O.C7H7.U/c1-2-4-7(5-3-1)8-10-9-6-11-8;1-7-5-3-2-4-6-7;/h1-5H;2-6H,1H2;/q2*-1;+2. The maximum absolute atomic E-state index is 4.87. The second-order valence-corrected chi connectivity index (χ2v) is 3.55. The molecule has 0 N–H and O–H groups in total. The van der Waals surface area contributed by atoms with Crippen LogP contribution in [-0.4, -0.2) is 10.2 Å². The molecule has 19 heavy (non-hydrogen) atoms. The van der Waals surface area contributed by atoms with E-state index in [4.69, 9.17) is 4.42 Å². The van der Waals surface area contributed by atoms with E-state index in [1.165, 1.54) is 0 Å². The SMILES string of the molecule is [CH2-]c1ccccc1.[U+2].[c-]1nnc(-c2ccccc2)o1. The molecule has 0 bridgehead atoms. The van der Waals surface area contributed by atoms with Gasteiger partial charge in [0.25, 0.3) is 0 Å². The monoisotopic (exact) mass is 474 g/mol. The molecule has 3 rings (SSSR count). The third-order valence-electron chi connectivity index (χ3n) is 2.19. The van der Waals surface area contributed by atoms with E-state index in [0.29, 0.717) is 5.89 Å². The van der Waals surface area contributed by atoms with E-state index < -0.39 is 0 Å². The van der Waals surface area contributed by atoms with Crippen molar-refractivity contribution in [1.82, 2.24) is 10.2 Å². The van der Waals surface area contributed by atoms with Crippen molar-refractivity contribution in [1.29, 1.82) is 0 Å². The molecule has 0 spiro atoms. The van der Waals surface area contributed by atoms with Crippen LogP contribution in [0, 0.1) is 44.4 Å². The van der Waals surface area contributed by atoms with Gasteiger partial charge in [0.05, 0.1) is 12.3 Å². The molecule has 0 saturated carbocycles. The minimum absolute atomic E-state index is 0. The molecule has 0 atom stereocenters. The Bertz CT molecular complexity index is 553. The predicted octanol–water partition coefficient (Wildman–Crippen LogP) is 3.41. The van der Waals surface area contributed by atoms with Gasteiger partial charge in [-0.15, -0.1) is 12.1 Å². The van der Waals surface area contributed by atoms with Gasteiger partial charge in [-0.25, -0.2) is 10.2 Å². The Balaban J connectivity index is 0.000000198. The first kappa shape index (κ1) is 15.6. The van der Waals surface area contributed by atoms with Crippen molar-refractivity contribution in [3.63, 3.8) is 0 Å². The van der Waals surface area contributed by atoms with Crippen LogP contribution in [0.3, 0.4) is 0 Å². The first-order chi connectivity index (χ1) is 8.86. The van der Waals surface area contributed by atoms with E-state index in [0.717, 1.165) is 11.1 Å². The largest absolute Gasteiger partial charge is 2.00 e. The van der Waals surface area contributed by atoms with Crippen LogP contribution < -0.4 is 0 Å². The summed E-state index contributed by atoms with van der Waals surface area (Å²) in [5, 5.41) is 7.17. The minimum atomic E-state index is 0. The summed E-state index contributed by atoms with van der Waals surface area (Å²) < 4.78 is 4.87. The Kier molecular flexibility index (Phi) is 7.02. The molecule has 0 fully saturated rings. The molecule has 0 amide bonds. The molecule has 0 aliphatic heterocycles. The van der Waals surface area contributed by atoms with Gasteiger partial charge in [-0.1, -0.05) is 36.4 Å². The summed E-state index contributed by atoms with van der Waals surface area (Å²) in [5.41, 5.74) is 1.99. The Morgan fingerprint density at radius 1 is 0.895 bits per heavy atom. The molecule has 4 heteroatoms. The number of hydrogen-bond acceptors (Lipinski definition) is 3. The van der Waals surface area contributed by atoms with Gasteiger partial charge in [0.2, 0.25) is 0 Å². The average molecular weight is 474 g/mol. The van der Waals surface area contributed by atoms with Gasteiger partial charge in [-0.05, 0) is 5.56 Å². The molecule has 0 aliphatic rings. The van der Waals surface area contributed by atoms with Crippen molar-refractivity contribution in [3.05, 3.63) is 79.5 Å². The van der Waals surface area contributed by atoms with Crippen LogP contribution in [0.4, 0.5) is 0 Å². The van der Waals surface area contributed by atoms with Crippen LogP contribution in [0.1, 0.15) is 5.56 Å².